The Morgan fingerprint density at radius 3 is 2.59 bits per heavy atom. The van der Waals surface area contributed by atoms with Crippen LogP contribution in [-0.4, -0.2) is 34.9 Å². The predicted octanol–water partition coefficient (Wildman–Crippen LogP) is 4.09. The van der Waals surface area contributed by atoms with Crippen LogP contribution in [0.2, 0.25) is 0 Å². The molecule has 1 atom stereocenters. The molecule has 0 radical (unpaired) electrons. The van der Waals surface area contributed by atoms with Crippen molar-refractivity contribution in [3.8, 4) is 0 Å². The van der Waals surface area contributed by atoms with Gasteiger partial charge in [-0.3, -0.25) is 14.7 Å². The number of nitrogens with zero attached hydrogens (tertiary/aromatic N) is 2. The van der Waals surface area contributed by atoms with Gasteiger partial charge in [-0.15, -0.1) is 0 Å². The summed E-state index contributed by atoms with van der Waals surface area (Å²) in [6.45, 7) is 6.10. The molecule has 1 aliphatic rings. The fourth-order valence-corrected chi connectivity index (χ4v) is 3.93. The average Bonchev–Trinajstić information content (AvgIpc) is 3.06. The minimum atomic E-state index is -0.107. The summed E-state index contributed by atoms with van der Waals surface area (Å²) in [5.74, 6) is 0.327. The van der Waals surface area contributed by atoms with E-state index in [1.54, 1.807) is 0 Å². The molecule has 1 aromatic carbocycles. The molecule has 27 heavy (non-hydrogen) atoms. The second-order valence-corrected chi connectivity index (χ2v) is 7.29. The number of carbonyl (C=O) groups is 1. The molecule has 3 heterocycles. The summed E-state index contributed by atoms with van der Waals surface area (Å²) in [6.07, 6.45) is 5.57. The van der Waals surface area contributed by atoms with Crippen LogP contribution in [0.1, 0.15) is 47.5 Å². The van der Waals surface area contributed by atoms with Crippen LogP contribution in [0.5, 0.6) is 0 Å². The highest BCUT2D eigenvalue weighted by molar-refractivity contribution is 5.99. The minimum absolute atomic E-state index is 0.107. The van der Waals surface area contributed by atoms with Crippen LogP contribution in [0.3, 0.4) is 0 Å². The van der Waals surface area contributed by atoms with E-state index in [9.17, 15) is 4.79 Å². The van der Waals surface area contributed by atoms with E-state index in [0.29, 0.717) is 11.8 Å². The number of amides is 1. The van der Waals surface area contributed by atoms with Crippen molar-refractivity contribution in [2.45, 2.75) is 38.8 Å². The number of rotatable bonds is 4. The lowest BCUT2D eigenvalue weighted by atomic mass is 10.0. The zero-order valence-corrected chi connectivity index (χ0v) is 15.8. The molecule has 0 aliphatic carbocycles. The third-order valence-electron chi connectivity index (χ3n) is 5.65. The number of piperidine rings is 1. The Labute approximate surface area is 159 Å². The number of pyridine rings is 1. The fraction of sp³-hybridized carbons (Fsp3) is 0.364. The first-order valence-corrected chi connectivity index (χ1v) is 9.56. The number of aryl methyl sites for hydroxylation is 1. The van der Waals surface area contributed by atoms with Crippen molar-refractivity contribution >= 4 is 16.9 Å². The number of nitrogens with one attached hydrogen (secondary N) is 1. The molecule has 140 valence electrons. The van der Waals surface area contributed by atoms with Crippen LogP contribution >= 0.6 is 0 Å². The molecule has 0 bridgehead atoms. The van der Waals surface area contributed by atoms with Gasteiger partial charge >= 0.3 is 0 Å². The van der Waals surface area contributed by atoms with Crippen molar-refractivity contribution in [3.63, 3.8) is 0 Å². The third-order valence-corrected chi connectivity index (χ3v) is 5.65. The lowest BCUT2D eigenvalue weighted by molar-refractivity contribution is 0.0870. The number of likely N-dealkylation sites (tertiary alicyclic amines) is 1. The summed E-state index contributed by atoms with van der Waals surface area (Å²) in [7, 11) is 0. The van der Waals surface area contributed by atoms with Crippen molar-refractivity contribution in [1.29, 1.82) is 0 Å². The molecule has 3 aromatic rings. The third kappa shape index (κ3) is 3.60. The lowest BCUT2D eigenvalue weighted by Crippen LogP contribution is -2.45. The molecule has 1 N–H and O–H groups in total. The second kappa shape index (κ2) is 7.53. The molecule has 1 amide bonds. The number of benzene rings is 1. The first-order chi connectivity index (χ1) is 13.1. The van der Waals surface area contributed by atoms with Gasteiger partial charge in [0, 0.05) is 48.5 Å². The van der Waals surface area contributed by atoms with Crippen LogP contribution in [0, 0.1) is 6.92 Å². The number of fused-ring (bicyclic) bond motifs is 1. The highest BCUT2D eigenvalue weighted by atomic mass is 16.3. The molecule has 2 aromatic heterocycles. The SMILES string of the molecule is Cc1c(C(=O)NC2CCN([C@@H](C)c3ccncc3)CC2)oc2ccccc12. The van der Waals surface area contributed by atoms with E-state index in [0.717, 1.165) is 42.5 Å². The van der Waals surface area contributed by atoms with E-state index < -0.39 is 0 Å². The lowest BCUT2D eigenvalue weighted by Gasteiger charge is -2.36. The summed E-state index contributed by atoms with van der Waals surface area (Å²) >= 11 is 0. The molecule has 1 saturated heterocycles. The van der Waals surface area contributed by atoms with Crippen molar-refractivity contribution < 1.29 is 9.21 Å². The molecule has 5 heteroatoms. The van der Waals surface area contributed by atoms with Gasteiger partial charge in [0.25, 0.3) is 5.91 Å². The van der Waals surface area contributed by atoms with E-state index in [4.69, 9.17) is 4.42 Å². The number of para-hydroxylation sites is 1. The molecule has 0 saturated carbocycles. The predicted molar refractivity (Wildman–Crippen MR) is 106 cm³/mol. The van der Waals surface area contributed by atoms with Crippen LogP contribution in [0.4, 0.5) is 0 Å². The number of furan rings is 1. The summed E-state index contributed by atoms with van der Waals surface area (Å²) < 4.78 is 5.79. The standard InChI is InChI=1S/C22H25N3O2/c1-15-19-5-3-4-6-20(19)27-21(15)22(26)24-18-9-13-25(14-10-18)16(2)17-7-11-23-12-8-17/h3-8,11-12,16,18H,9-10,13-14H2,1-2H3,(H,24,26)/t16-/m0/s1. The summed E-state index contributed by atoms with van der Waals surface area (Å²) in [4.78, 5) is 19.3. The van der Waals surface area contributed by atoms with E-state index in [1.165, 1.54) is 5.56 Å². The number of carbonyl (C=O) groups excluding carboxylic acids is 1. The molecule has 0 unspecified atom stereocenters. The normalized spacial score (nSPS) is 17.1. The van der Waals surface area contributed by atoms with E-state index in [2.05, 4.69) is 34.3 Å². The highest BCUT2D eigenvalue weighted by Crippen LogP contribution is 2.26. The van der Waals surface area contributed by atoms with Gasteiger partial charge < -0.3 is 9.73 Å². The number of aromatic nitrogens is 1. The van der Waals surface area contributed by atoms with Crippen molar-refractivity contribution in [2.75, 3.05) is 13.1 Å². The highest BCUT2D eigenvalue weighted by Gasteiger charge is 2.26. The quantitative estimate of drug-likeness (QED) is 0.758. The molecule has 0 spiro atoms. The van der Waals surface area contributed by atoms with E-state index >= 15 is 0 Å². The van der Waals surface area contributed by atoms with Crippen molar-refractivity contribution in [1.82, 2.24) is 15.2 Å². The van der Waals surface area contributed by atoms with Gasteiger partial charge in [0.1, 0.15) is 5.58 Å². The van der Waals surface area contributed by atoms with Gasteiger partial charge in [-0.05, 0) is 50.5 Å². The summed E-state index contributed by atoms with van der Waals surface area (Å²) in [5.41, 5.74) is 2.96. The number of hydrogen-bond donors (Lipinski definition) is 1. The number of hydrogen-bond acceptors (Lipinski definition) is 4. The van der Waals surface area contributed by atoms with Gasteiger partial charge in [0.05, 0.1) is 0 Å². The maximum atomic E-state index is 12.7. The van der Waals surface area contributed by atoms with Gasteiger partial charge in [-0.25, -0.2) is 0 Å². The Bertz CT molecular complexity index is 927. The summed E-state index contributed by atoms with van der Waals surface area (Å²) in [5, 5.41) is 4.17. The topological polar surface area (TPSA) is 58.4 Å². The monoisotopic (exact) mass is 363 g/mol. The largest absolute Gasteiger partial charge is 0.451 e. The first kappa shape index (κ1) is 17.7. The molecular weight excluding hydrogens is 338 g/mol. The van der Waals surface area contributed by atoms with E-state index in [-0.39, 0.29) is 11.9 Å². The van der Waals surface area contributed by atoms with Crippen LogP contribution in [0.25, 0.3) is 11.0 Å². The zero-order chi connectivity index (χ0) is 18.8. The molecule has 5 nitrogen and oxygen atoms in total. The maximum Gasteiger partial charge on any atom is 0.287 e. The zero-order valence-electron chi connectivity index (χ0n) is 15.8. The fourth-order valence-electron chi connectivity index (χ4n) is 3.93. The van der Waals surface area contributed by atoms with Gasteiger partial charge in [0.2, 0.25) is 0 Å². The molecule has 1 fully saturated rings. The molecular formula is C22H25N3O2. The van der Waals surface area contributed by atoms with Crippen molar-refractivity contribution in [3.05, 3.63) is 65.7 Å². The molecule has 4 rings (SSSR count). The average molecular weight is 363 g/mol. The minimum Gasteiger partial charge on any atom is -0.451 e. The Balaban J connectivity index is 1.37. The van der Waals surface area contributed by atoms with Crippen LogP contribution in [0.15, 0.2) is 53.2 Å². The Hall–Kier alpha value is -2.66. The van der Waals surface area contributed by atoms with Gasteiger partial charge in [0.15, 0.2) is 5.76 Å². The second-order valence-electron chi connectivity index (χ2n) is 7.29. The molecule has 1 aliphatic heterocycles. The van der Waals surface area contributed by atoms with Crippen LogP contribution in [-0.2, 0) is 0 Å². The smallest absolute Gasteiger partial charge is 0.287 e. The Morgan fingerprint density at radius 2 is 1.89 bits per heavy atom. The Kier molecular flexibility index (Phi) is 4.94. The summed E-state index contributed by atoms with van der Waals surface area (Å²) in [6, 6.07) is 12.5. The maximum absolute atomic E-state index is 12.7. The van der Waals surface area contributed by atoms with E-state index in [1.807, 2.05) is 43.6 Å². The van der Waals surface area contributed by atoms with Gasteiger partial charge in [-0.2, -0.15) is 0 Å². The Morgan fingerprint density at radius 1 is 1.19 bits per heavy atom. The van der Waals surface area contributed by atoms with Crippen molar-refractivity contribution in [2.24, 2.45) is 0 Å². The first-order valence-electron chi connectivity index (χ1n) is 9.56. The van der Waals surface area contributed by atoms with Crippen LogP contribution < -0.4 is 5.32 Å². The van der Waals surface area contributed by atoms with Gasteiger partial charge in [-0.1, -0.05) is 18.2 Å².